The van der Waals surface area contributed by atoms with Crippen LogP contribution in [0.25, 0.3) is 0 Å². The molecule has 1 saturated carbocycles. The molecule has 4 heteroatoms. The van der Waals surface area contributed by atoms with Gasteiger partial charge in [-0.2, -0.15) is 0 Å². The summed E-state index contributed by atoms with van der Waals surface area (Å²) in [7, 11) is 0. The zero-order valence-electron chi connectivity index (χ0n) is 12.8. The summed E-state index contributed by atoms with van der Waals surface area (Å²) in [5.41, 5.74) is 7.41. The van der Waals surface area contributed by atoms with E-state index in [0.29, 0.717) is 0 Å². The van der Waals surface area contributed by atoms with E-state index in [9.17, 15) is 0 Å². The van der Waals surface area contributed by atoms with Gasteiger partial charge in [-0.25, -0.2) is 0 Å². The van der Waals surface area contributed by atoms with Gasteiger partial charge in [-0.15, -0.1) is 0 Å². The molecule has 0 saturated heterocycles. The van der Waals surface area contributed by atoms with Gasteiger partial charge in [-0.3, -0.25) is 0 Å². The molecular weight excluding hydrogens is 348 g/mol. The van der Waals surface area contributed by atoms with E-state index in [1.807, 2.05) is 18.2 Å². The van der Waals surface area contributed by atoms with E-state index in [-0.39, 0.29) is 6.04 Å². The van der Waals surface area contributed by atoms with Crippen LogP contribution in [0.4, 0.5) is 0 Å². The molecule has 0 heterocycles. The largest absolute Gasteiger partial charge is 0.324 e. The lowest BCUT2D eigenvalue weighted by atomic mass is 9.93. The number of rotatable bonds is 6. The van der Waals surface area contributed by atoms with Gasteiger partial charge in [0.1, 0.15) is 0 Å². The van der Waals surface area contributed by atoms with E-state index in [1.165, 1.54) is 32.1 Å². The molecule has 2 nitrogen and oxygen atoms in total. The lowest BCUT2D eigenvalue weighted by Gasteiger charge is -2.34. The van der Waals surface area contributed by atoms with Crippen LogP contribution < -0.4 is 5.73 Å². The van der Waals surface area contributed by atoms with Crippen molar-refractivity contribution in [3.8, 4) is 0 Å². The molecule has 0 amide bonds. The lowest BCUT2D eigenvalue weighted by Crippen LogP contribution is -2.38. The van der Waals surface area contributed by atoms with Crippen LogP contribution in [0.5, 0.6) is 0 Å². The minimum atomic E-state index is 0.0169. The second kappa shape index (κ2) is 8.52. The molecule has 0 radical (unpaired) electrons. The molecule has 1 aromatic rings. The van der Waals surface area contributed by atoms with Crippen molar-refractivity contribution in [3.05, 3.63) is 33.3 Å². The highest BCUT2D eigenvalue weighted by atomic mass is 79.9. The average Bonchev–Trinajstić information content (AvgIpc) is 2.48. The first kappa shape index (κ1) is 17.3. The predicted molar refractivity (Wildman–Crippen MR) is 94.8 cm³/mol. The standard InChI is InChI=1S/C17H26BrClN2/c1-2-21(14-6-4-3-5-7-14)11-10-17(20)15-9-8-13(18)12-16(15)19/h8-9,12,14,17H,2-7,10-11,20H2,1H3. The highest BCUT2D eigenvalue weighted by molar-refractivity contribution is 9.10. The molecular formula is C17H26BrClN2. The second-order valence-corrected chi connectivity index (χ2v) is 7.30. The van der Waals surface area contributed by atoms with Crippen molar-refractivity contribution in [1.82, 2.24) is 4.90 Å². The number of benzene rings is 1. The van der Waals surface area contributed by atoms with E-state index < -0.39 is 0 Å². The van der Waals surface area contributed by atoms with Crippen molar-refractivity contribution in [2.24, 2.45) is 5.73 Å². The maximum absolute atomic E-state index is 6.35. The molecule has 2 N–H and O–H groups in total. The molecule has 1 aromatic carbocycles. The minimum Gasteiger partial charge on any atom is -0.324 e. The van der Waals surface area contributed by atoms with Crippen LogP contribution in [0.1, 0.15) is 57.1 Å². The molecule has 21 heavy (non-hydrogen) atoms. The number of hydrogen-bond acceptors (Lipinski definition) is 2. The van der Waals surface area contributed by atoms with Crippen molar-refractivity contribution in [2.75, 3.05) is 13.1 Å². The molecule has 1 aliphatic rings. The Hall–Kier alpha value is -0.0900. The number of halogens is 2. The third kappa shape index (κ3) is 4.95. The smallest absolute Gasteiger partial charge is 0.0464 e. The third-order valence-corrected chi connectivity index (χ3v) is 5.41. The summed E-state index contributed by atoms with van der Waals surface area (Å²) in [6.07, 6.45) is 7.83. The topological polar surface area (TPSA) is 29.3 Å². The maximum atomic E-state index is 6.35. The highest BCUT2D eigenvalue weighted by Crippen LogP contribution is 2.28. The maximum Gasteiger partial charge on any atom is 0.0464 e. The van der Waals surface area contributed by atoms with Gasteiger partial charge in [0.15, 0.2) is 0 Å². The molecule has 0 aliphatic heterocycles. The Balaban J connectivity index is 1.90. The first-order valence-corrected chi connectivity index (χ1v) is 9.23. The molecule has 1 unspecified atom stereocenters. The molecule has 0 aromatic heterocycles. The van der Waals surface area contributed by atoms with Gasteiger partial charge in [0.25, 0.3) is 0 Å². The minimum absolute atomic E-state index is 0.0169. The number of nitrogens with zero attached hydrogens (tertiary/aromatic N) is 1. The first-order valence-electron chi connectivity index (χ1n) is 8.06. The summed E-state index contributed by atoms with van der Waals surface area (Å²) in [6, 6.07) is 6.75. The second-order valence-electron chi connectivity index (χ2n) is 5.98. The summed E-state index contributed by atoms with van der Waals surface area (Å²) in [5, 5.41) is 0.762. The van der Waals surface area contributed by atoms with Crippen LogP contribution in [-0.4, -0.2) is 24.0 Å². The molecule has 1 aliphatic carbocycles. The van der Waals surface area contributed by atoms with Crippen LogP contribution in [0, 0.1) is 0 Å². The molecule has 1 fully saturated rings. The summed E-state index contributed by atoms with van der Waals surface area (Å²) in [5.74, 6) is 0. The van der Waals surface area contributed by atoms with Gasteiger partial charge in [0, 0.05) is 28.1 Å². The number of nitrogens with two attached hydrogens (primary N) is 1. The van der Waals surface area contributed by atoms with Crippen LogP contribution in [0.2, 0.25) is 5.02 Å². The SMILES string of the molecule is CCN(CCC(N)c1ccc(Br)cc1Cl)C1CCCCC1. The van der Waals surface area contributed by atoms with Crippen LogP contribution >= 0.6 is 27.5 Å². The Morgan fingerprint density at radius 2 is 2.05 bits per heavy atom. The summed E-state index contributed by atoms with van der Waals surface area (Å²) >= 11 is 9.74. The van der Waals surface area contributed by atoms with E-state index >= 15 is 0 Å². The zero-order chi connectivity index (χ0) is 15.2. The van der Waals surface area contributed by atoms with Crippen LogP contribution in [0.15, 0.2) is 22.7 Å². The average molecular weight is 374 g/mol. The predicted octanol–water partition coefficient (Wildman–Crippen LogP) is 5.15. The monoisotopic (exact) mass is 372 g/mol. The molecule has 2 rings (SSSR count). The zero-order valence-corrected chi connectivity index (χ0v) is 15.2. The Bertz CT molecular complexity index is 446. The first-order chi connectivity index (χ1) is 10.1. The van der Waals surface area contributed by atoms with Gasteiger partial charge in [0.2, 0.25) is 0 Å². The van der Waals surface area contributed by atoms with Crippen molar-refractivity contribution in [2.45, 2.75) is 57.5 Å². The van der Waals surface area contributed by atoms with Gasteiger partial charge in [-0.05, 0) is 43.5 Å². The van der Waals surface area contributed by atoms with E-state index in [2.05, 4.69) is 27.8 Å². The summed E-state index contributed by atoms with van der Waals surface area (Å²) in [4.78, 5) is 2.60. The Kier molecular flexibility index (Phi) is 7.00. The van der Waals surface area contributed by atoms with Crippen molar-refractivity contribution >= 4 is 27.5 Å². The summed E-state index contributed by atoms with van der Waals surface area (Å²) < 4.78 is 1.00. The third-order valence-electron chi connectivity index (χ3n) is 4.59. The van der Waals surface area contributed by atoms with Gasteiger partial charge >= 0.3 is 0 Å². The van der Waals surface area contributed by atoms with Crippen LogP contribution in [-0.2, 0) is 0 Å². The number of hydrogen-bond donors (Lipinski definition) is 1. The van der Waals surface area contributed by atoms with E-state index in [0.717, 1.165) is 40.6 Å². The van der Waals surface area contributed by atoms with Crippen molar-refractivity contribution in [3.63, 3.8) is 0 Å². The van der Waals surface area contributed by atoms with Crippen molar-refractivity contribution in [1.29, 1.82) is 0 Å². The Morgan fingerprint density at radius 3 is 2.67 bits per heavy atom. The Labute approximate surface area is 142 Å². The molecule has 118 valence electrons. The highest BCUT2D eigenvalue weighted by Gasteiger charge is 2.20. The normalized spacial score (nSPS) is 18.1. The quantitative estimate of drug-likeness (QED) is 0.747. The lowest BCUT2D eigenvalue weighted by molar-refractivity contribution is 0.159. The molecule has 0 spiro atoms. The van der Waals surface area contributed by atoms with Gasteiger partial charge in [0.05, 0.1) is 0 Å². The van der Waals surface area contributed by atoms with Gasteiger partial charge in [-0.1, -0.05) is 59.8 Å². The van der Waals surface area contributed by atoms with Crippen molar-refractivity contribution < 1.29 is 0 Å². The summed E-state index contributed by atoms with van der Waals surface area (Å²) in [6.45, 7) is 4.44. The fraction of sp³-hybridized carbons (Fsp3) is 0.647. The van der Waals surface area contributed by atoms with Gasteiger partial charge < -0.3 is 10.6 Å². The Morgan fingerprint density at radius 1 is 1.33 bits per heavy atom. The van der Waals surface area contributed by atoms with E-state index in [4.69, 9.17) is 17.3 Å². The fourth-order valence-electron chi connectivity index (χ4n) is 3.31. The molecule has 0 bridgehead atoms. The fourth-order valence-corrected chi connectivity index (χ4v) is 4.12. The van der Waals surface area contributed by atoms with E-state index in [1.54, 1.807) is 0 Å². The molecule has 1 atom stereocenters. The van der Waals surface area contributed by atoms with Crippen LogP contribution in [0.3, 0.4) is 0 Å².